The maximum absolute atomic E-state index is 6.36. The van der Waals surface area contributed by atoms with Crippen molar-refractivity contribution < 1.29 is 0 Å². The van der Waals surface area contributed by atoms with Crippen molar-refractivity contribution in [3.8, 4) is 0 Å². The molecule has 1 aromatic carbocycles. The Hall–Kier alpha value is 0.0400. The molecule has 1 aliphatic heterocycles. The van der Waals surface area contributed by atoms with E-state index in [-0.39, 0.29) is 30.9 Å². The molecule has 1 N–H and O–H groups in total. The maximum atomic E-state index is 6.36. The van der Waals surface area contributed by atoms with E-state index < -0.39 is 0 Å². The predicted octanol–water partition coefficient (Wildman–Crippen LogP) is 4.75. The van der Waals surface area contributed by atoms with Crippen molar-refractivity contribution in [2.24, 2.45) is 0 Å². The van der Waals surface area contributed by atoms with Gasteiger partial charge < -0.3 is 5.32 Å². The fraction of sp³-hybridized carbons (Fsp3) is 0.467. The van der Waals surface area contributed by atoms with Crippen LogP contribution in [0, 0.1) is 0 Å². The van der Waals surface area contributed by atoms with Crippen LogP contribution in [0.25, 0.3) is 0 Å². The van der Waals surface area contributed by atoms with Crippen LogP contribution in [-0.4, -0.2) is 31.1 Å². The minimum atomic E-state index is 0. The van der Waals surface area contributed by atoms with Gasteiger partial charge in [0.25, 0.3) is 0 Å². The third-order valence-electron chi connectivity index (χ3n) is 3.45. The van der Waals surface area contributed by atoms with Crippen LogP contribution in [-0.2, 0) is 0 Å². The molecule has 1 saturated heterocycles. The zero-order valence-corrected chi connectivity index (χ0v) is 15.2. The molecule has 1 aromatic rings. The summed E-state index contributed by atoms with van der Waals surface area (Å²) >= 11 is 12.5. The highest BCUT2D eigenvalue weighted by molar-refractivity contribution is 6.33. The first-order valence-corrected chi connectivity index (χ1v) is 7.37. The molecule has 0 aromatic heterocycles. The summed E-state index contributed by atoms with van der Waals surface area (Å²) in [5, 5.41) is 4.90. The molecule has 21 heavy (non-hydrogen) atoms. The van der Waals surface area contributed by atoms with Crippen molar-refractivity contribution >= 4 is 48.0 Å². The average molecular weight is 372 g/mol. The smallest absolute Gasteiger partial charge is 0.0455 e. The molecule has 2 rings (SSSR count). The summed E-state index contributed by atoms with van der Waals surface area (Å²) < 4.78 is 0. The summed E-state index contributed by atoms with van der Waals surface area (Å²) in [4.78, 5) is 2.46. The van der Waals surface area contributed by atoms with Crippen LogP contribution in [0.15, 0.2) is 30.4 Å². The number of hydrogen-bond acceptors (Lipinski definition) is 2. The van der Waals surface area contributed by atoms with Gasteiger partial charge in [0.2, 0.25) is 0 Å². The van der Waals surface area contributed by atoms with Crippen molar-refractivity contribution in [1.29, 1.82) is 0 Å². The van der Waals surface area contributed by atoms with Crippen LogP contribution in [0.4, 0.5) is 0 Å². The Balaban J connectivity index is 0.00000200. The van der Waals surface area contributed by atoms with Gasteiger partial charge in [0.1, 0.15) is 0 Å². The van der Waals surface area contributed by atoms with E-state index in [1.165, 1.54) is 5.57 Å². The minimum Gasteiger partial charge on any atom is -0.314 e. The maximum Gasteiger partial charge on any atom is 0.0455 e. The molecule has 1 heterocycles. The molecule has 0 bridgehead atoms. The summed E-state index contributed by atoms with van der Waals surface area (Å²) in [7, 11) is 0. The number of nitrogens with zero attached hydrogens (tertiary/aromatic N) is 1. The van der Waals surface area contributed by atoms with E-state index in [4.69, 9.17) is 23.2 Å². The summed E-state index contributed by atoms with van der Waals surface area (Å²) in [5.41, 5.74) is 2.28. The Morgan fingerprint density at radius 1 is 1.29 bits per heavy atom. The third-order valence-corrected chi connectivity index (χ3v) is 4.03. The fourth-order valence-corrected chi connectivity index (χ4v) is 2.95. The number of halogens is 4. The fourth-order valence-electron chi connectivity index (χ4n) is 2.53. The second kappa shape index (κ2) is 9.94. The second-order valence-corrected chi connectivity index (χ2v) is 5.97. The summed E-state index contributed by atoms with van der Waals surface area (Å²) in [6.07, 6.45) is 0.917. The molecule has 120 valence electrons. The summed E-state index contributed by atoms with van der Waals surface area (Å²) in [6, 6.07) is 5.97. The Kier molecular flexibility index (Phi) is 9.96. The molecule has 0 spiro atoms. The highest BCUT2D eigenvalue weighted by atomic mass is 35.5. The molecular formula is C15H22Cl4N2. The van der Waals surface area contributed by atoms with Crippen LogP contribution in [0.5, 0.6) is 0 Å². The first-order chi connectivity index (χ1) is 9.08. The number of benzene rings is 1. The Labute approximate surface area is 149 Å². The first-order valence-electron chi connectivity index (χ1n) is 6.62. The topological polar surface area (TPSA) is 15.3 Å². The van der Waals surface area contributed by atoms with Gasteiger partial charge in [0.15, 0.2) is 0 Å². The standard InChI is InChI=1S/C15H20Cl2N2.2ClH/c1-11(2)9-15(19-7-5-18-6-8-19)13-10-12(16)3-4-14(13)17;;/h3-4,10,15,18H,1,5-9H2,2H3;2*1H/t15-;;/m0../s1. The van der Waals surface area contributed by atoms with Crippen LogP contribution in [0.3, 0.4) is 0 Å². The van der Waals surface area contributed by atoms with Gasteiger partial charge in [-0.05, 0) is 37.1 Å². The summed E-state index contributed by atoms with van der Waals surface area (Å²) in [6.45, 7) is 10.2. The number of nitrogens with one attached hydrogen (secondary N) is 1. The number of hydrogen-bond donors (Lipinski definition) is 1. The van der Waals surface area contributed by atoms with E-state index >= 15 is 0 Å². The van der Waals surface area contributed by atoms with E-state index in [0.29, 0.717) is 0 Å². The normalized spacial score (nSPS) is 16.5. The Morgan fingerprint density at radius 2 is 1.90 bits per heavy atom. The van der Waals surface area contributed by atoms with Gasteiger partial charge in [-0.2, -0.15) is 0 Å². The average Bonchev–Trinajstić information content (AvgIpc) is 2.40. The SMILES string of the molecule is C=C(C)C[C@@H](c1cc(Cl)ccc1Cl)N1CCNCC1.Cl.Cl. The lowest BCUT2D eigenvalue weighted by Gasteiger charge is -2.36. The van der Waals surface area contributed by atoms with E-state index in [9.17, 15) is 0 Å². The highest BCUT2D eigenvalue weighted by Gasteiger charge is 2.24. The molecule has 6 heteroatoms. The Morgan fingerprint density at radius 3 is 2.48 bits per heavy atom. The van der Waals surface area contributed by atoms with Crippen molar-refractivity contribution in [2.45, 2.75) is 19.4 Å². The van der Waals surface area contributed by atoms with E-state index in [0.717, 1.165) is 48.2 Å². The lowest BCUT2D eigenvalue weighted by molar-refractivity contribution is 0.172. The van der Waals surface area contributed by atoms with Gasteiger partial charge in [-0.1, -0.05) is 28.8 Å². The largest absolute Gasteiger partial charge is 0.314 e. The van der Waals surface area contributed by atoms with E-state index in [1.807, 2.05) is 18.2 Å². The second-order valence-electron chi connectivity index (χ2n) is 5.13. The van der Waals surface area contributed by atoms with Gasteiger partial charge >= 0.3 is 0 Å². The van der Waals surface area contributed by atoms with Crippen molar-refractivity contribution in [3.05, 3.63) is 46.0 Å². The van der Waals surface area contributed by atoms with Gasteiger partial charge in [0, 0.05) is 42.3 Å². The number of piperazine rings is 1. The van der Waals surface area contributed by atoms with Crippen LogP contribution in [0.2, 0.25) is 10.0 Å². The van der Waals surface area contributed by atoms with Crippen molar-refractivity contribution in [2.75, 3.05) is 26.2 Å². The van der Waals surface area contributed by atoms with E-state index in [2.05, 4.69) is 23.7 Å². The van der Waals surface area contributed by atoms with E-state index in [1.54, 1.807) is 0 Å². The molecule has 0 radical (unpaired) electrons. The molecular weight excluding hydrogens is 350 g/mol. The monoisotopic (exact) mass is 370 g/mol. The summed E-state index contributed by atoms with van der Waals surface area (Å²) in [5.74, 6) is 0. The van der Waals surface area contributed by atoms with Gasteiger partial charge in [-0.15, -0.1) is 31.4 Å². The molecule has 0 amide bonds. The predicted molar refractivity (Wildman–Crippen MR) is 97.6 cm³/mol. The lowest BCUT2D eigenvalue weighted by Crippen LogP contribution is -2.45. The molecule has 0 aliphatic carbocycles. The van der Waals surface area contributed by atoms with Gasteiger partial charge in [0.05, 0.1) is 0 Å². The lowest BCUT2D eigenvalue weighted by atomic mass is 9.98. The zero-order valence-electron chi connectivity index (χ0n) is 12.1. The zero-order chi connectivity index (χ0) is 13.8. The number of rotatable bonds is 4. The molecule has 1 fully saturated rings. The van der Waals surface area contributed by atoms with Crippen LogP contribution in [0.1, 0.15) is 24.9 Å². The van der Waals surface area contributed by atoms with Crippen LogP contribution < -0.4 is 5.32 Å². The highest BCUT2D eigenvalue weighted by Crippen LogP contribution is 2.34. The third kappa shape index (κ3) is 5.97. The molecule has 0 saturated carbocycles. The van der Waals surface area contributed by atoms with Gasteiger partial charge in [-0.3, -0.25) is 4.90 Å². The molecule has 2 nitrogen and oxygen atoms in total. The molecule has 1 atom stereocenters. The Bertz CT molecular complexity index is 459. The first kappa shape index (κ1) is 21.0. The molecule has 1 aliphatic rings. The van der Waals surface area contributed by atoms with Crippen molar-refractivity contribution in [1.82, 2.24) is 10.2 Å². The van der Waals surface area contributed by atoms with Gasteiger partial charge in [-0.25, -0.2) is 0 Å². The van der Waals surface area contributed by atoms with Crippen LogP contribution >= 0.6 is 48.0 Å². The minimum absolute atomic E-state index is 0. The molecule has 0 unspecified atom stereocenters. The quantitative estimate of drug-likeness (QED) is 0.768. The van der Waals surface area contributed by atoms with Crippen molar-refractivity contribution in [3.63, 3.8) is 0 Å².